The van der Waals surface area contributed by atoms with E-state index in [2.05, 4.69) is 9.97 Å². The third-order valence-corrected chi connectivity index (χ3v) is 3.57. The van der Waals surface area contributed by atoms with Crippen molar-refractivity contribution in [3.63, 3.8) is 0 Å². The first-order valence-corrected chi connectivity index (χ1v) is 7.28. The molecule has 2 heterocycles. The van der Waals surface area contributed by atoms with E-state index in [0.29, 0.717) is 21.6 Å². The van der Waals surface area contributed by atoms with Gasteiger partial charge in [0.05, 0.1) is 10.7 Å². The summed E-state index contributed by atoms with van der Waals surface area (Å²) in [6.45, 7) is 5.84. The highest BCUT2D eigenvalue weighted by Crippen LogP contribution is 2.33. The number of halogens is 1. The van der Waals surface area contributed by atoms with Crippen molar-refractivity contribution >= 4 is 29.1 Å². The van der Waals surface area contributed by atoms with Gasteiger partial charge in [0.2, 0.25) is 5.88 Å². The van der Waals surface area contributed by atoms with Crippen molar-refractivity contribution in [2.24, 2.45) is 0 Å². The van der Waals surface area contributed by atoms with Gasteiger partial charge < -0.3 is 10.5 Å². The predicted molar refractivity (Wildman–Crippen MR) is 82.4 cm³/mol. The van der Waals surface area contributed by atoms with Gasteiger partial charge in [-0.25, -0.2) is 9.97 Å². The number of nitrogens with zero attached hydrogens (tertiary/aromatic N) is 2. The van der Waals surface area contributed by atoms with E-state index in [1.165, 1.54) is 11.8 Å². The third kappa shape index (κ3) is 4.02. The molecule has 2 aromatic heterocycles. The van der Waals surface area contributed by atoms with Crippen LogP contribution in [0.3, 0.4) is 0 Å². The minimum absolute atomic E-state index is 0.354. The lowest BCUT2D eigenvalue weighted by molar-refractivity contribution is 0.124. The number of nitrogens with two attached hydrogens (primary N) is 1. The molecule has 6 heteroatoms. The Morgan fingerprint density at radius 2 is 2.00 bits per heavy atom. The fourth-order valence-electron chi connectivity index (χ4n) is 1.41. The van der Waals surface area contributed by atoms with E-state index in [-0.39, 0.29) is 5.60 Å². The van der Waals surface area contributed by atoms with Gasteiger partial charge in [-0.15, -0.1) is 0 Å². The molecule has 0 aliphatic carbocycles. The Morgan fingerprint density at radius 3 is 2.65 bits per heavy atom. The monoisotopic (exact) mass is 309 g/mol. The second-order valence-corrected chi connectivity index (χ2v) is 6.57. The van der Waals surface area contributed by atoms with E-state index in [1.54, 1.807) is 24.4 Å². The van der Waals surface area contributed by atoms with Crippen molar-refractivity contribution in [1.29, 1.82) is 0 Å². The zero-order chi connectivity index (χ0) is 14.8. The maximum atomic E-state index is 6.08. The summed E-state index contributed by atoms with van der Waals surface area (Å²) in [4.78, 5) is 8.63. The van der Waals surface area contributed by atoms with Gasteiger partial charge in [0.1, 0.15) is 15.7 Å². The number of ether oxygens (including phenoxy) is 1. The molecule has 0 amide bonds. The first-order chi connectivity index (χ1) is 9.35. The number of hydrogen-bond donors (Lipinski definition) is 1. The molecule has 0 aliphatic rings. The third-order valence-electron chi connectivity index (χ3n) is 2.19. The van der Waals surface area contributed by atoms with Crippen LogP contribution in [-0.2, 0) is 0 Å². The lowest BCUT2D eigenvalue weighted by Crippen LogP contribution is -2.24. The second kappa shape index (κ2) is 5.89. The van der Waals surface area contributed by atoms with Gasteiger partial charge in [-0.05, 0) is 56.8 Å². The number of anilines is 1. The van der Waals surface area contributed by atoms with Crippen LogP contribution in [0.4, 0.5) is 5.69 Å². The lowest BCUT2D eigenvalue weighted by atomic mass is 10.2. The van der Waals surface area contributed by atoms with E-state index in [9.17, 15) is 0 Å². The van der Waals surface area contributed by atoms with Crippen LogP contribution < -0.4 is 10.5 Å². The molecule has 0 saturated heterocycles. The minimum atomic E-state index is -0.354. The van der Waals surface area contributed by atoms with Crippen LogP contribution in [0.2, 0.25) is 5.02 Å². The number of nitrogen functional groups attached to an aromatic ring is 1. The van der Waals surface area contributed by atoms with Crippen LogP contribution in [-0.4, -0.2) is 15.6 Å². The Kier molecular flexibility index (Phi) is 4.40. The summed E-state index contributed by atoms with van der Waals surface area (Å²) in [7, 11) is 0. The smallest absolute Gasteiger partial charge is 0.238 e. The molecule has 0 atom stereocenters. The molecule has 0 radical (unpaired) electrons. The van der Waals surface area contributed by atoms with Crippen molar-refractivity contribution in [1.82, 2.24) is 9.97 Å². The molecule has 0 unspecified atom stereocenters. The van der Waals surface area contributed by atoms with Gasteiger partial charge >= 0.3 is 0 Å². The highest BCUT2D eigenvalue weighted by Gasteiger charge is 2.16. The summed E-state index contributed by atoms with van der Waals surface area (Å²) in [5, 5.41) is 2.03. The number of hydrogen-bond acceptors (Lipinski definition) is 5. The Balaban J connectivity index is 2.26. The molecular weight excluding hydrogens is 294 g/mol. The van der Waals surface area contributed by atoms with Gasteiger partial charge in [0, 0.05) is 6.20 Å². The van der Waals surface area contributed by atoms with Gasteiger partial charge in [-0.1, -0.05) is 11.6 Å². The van der Waals surface area contributed by atoms with Crippen LogP contribution in [0, 0.1) is 0 Å². The minimum Gasteiger partial charge on any atom is -0.470 e. The largest absolute Gasteiger partial charge is 0.470 e. The van der Waals surface area contributed by atoms with Gasteiger partial charge in [0.15, 0.2) is 0 Å². The summed E-state index contributed by atoms with van der Waals surface area (Å²) in [6.07, 6.45) is 1.69. The van der Waals surface area contributed by atoms with Crippen LogP contribution >= 0.6 is 23.4 Å². The molecule has 0 saturated carbocycles. The molecule has 2 aromatic rings. The van der Waals surface area contributed by atoms with Crippen molar-refractivity contribution in [2.75, 3.05) is 5.73 Å². The maximum absolute atomic E-state index is 6.08. The molecule has 106 valence electrons. The predicted octanol–water partition coefficient (Wildman–Crippen LogP) is 4.04. The Bertz CT molecular complexity index is 614. The summed E-state index contributed by atoms with van der Waals surface area (Å²) in [5.74, 6) is 0.426. The van der Waals surface area contributed by atoms with Crippen molar-refractivity contribution in [2.45, 2.75) is 36.4 Å². The van der Waals surface area contributed by atoms with E-state index in [1.807, 2.05) is 26.8 Å². The van der Waals surface area contributed by atoms with Crippen LogP contribution in [0.1, 0.15) is 20.8 Å². The van der Waals surface area contributed by atoms with E-state index in [0.717, 1.165) is 5.03 Å². The Labute approximate surface area is 127 Å². The molecular formula is C14H16ClN3OS. The summed E-state index contributed by atoms with van der Waals surface area (Å²) in [5.41, 5.74) is 6.04. The number of rotatable bonds is 3. The standard InChI is InChI=1S/C14H16ClN3OS/c1-14(2,3)19-12-10(16)6-7-11(18-12)20-13-9(15)5-4-8-17-13/h4-8H,16H2,1-3H3. The Morgan fingerprint density at radius 1 is 1.25 bits per heavy atom. The molecule has 0 bridgehead atoms. The molecule has 2 N–H and O–H groups in total. The van der Waals surface area contributed by atoms with Crippen molar-refractivity contribution in [3.8, 4) is 5.88 Å². The molecule has 0 aromatic carbocycles. The molecule has 0 fully saturated rings. The zero-order valence-corrected chi connectivity index (χ0v) is 13.1. The van der Waals surface area contributed by atoms with E-state index >= 15 is 0 Å². The topological polar surface area (TPSA) is 61.0 Å². The first kappa shape index (κ1) is 14.9. The molecule has 2 rings (SSSR count). The van der Waals surface area contributed by atoms with E-state index in [4.69, 9.17) is 22.1 Å². The highest BCUT2D eigenvalue weighted by atomic mass is 35.5. The average Bonchev–Trinajstić information content (AvgIpc) is 2.34. The average molecular weight is 310 g/mol. The molecule has 20 heavy (non-hydrogen) atoms. The van der Waals surface area contributed by atoms with Crippen LogP contribution in [0.25, 0.3) is 0 Å². The zero-order valence-electron chi connectivity index (χ0n) is 11.6. The number of pyridine rings is 2. The van der Waals surface area contributed by atoms with Crippen LogP contribution in [0.15, 0.2) is 40.5 Å². The SMILES string of the molecule is CC(C)(C)Oc1nc(Sc2ncccc2Cl)ccc1N. The van der Waals surface area contributed by atoms with Crippen molar-refractivity contribution < 1.29 is 4.74 Å². The normalized spacial score (nSPS) is 11.4. The fourth-order valence-corrected chi connectivity index (χ4v) is 2.39. The van der Waals surface area contributed by atoms with Gasteiger partial charge in [-0.3, -0.25) is 0 Å². The summed E-state index contributed by atoms with van der Waals surface area (Å²) >= 11 is 7.46. The van der Waals surface area contributed by atoms with Gasteiger partial charge in [0.25, 0.3) is 0 Å². The summed E-state index contributed by atoms with van der Waals surface area (Å²) in [6, 6.07) is 7.17. The lowest BCUT2D eigenvalue weighted by Gasteiger charge is -2.21. The highest BCUT2D eigenvalue weighted by molar-refractivity contribution is 7.99. The molecule has 4 nitrogen and oxygen atoms in total. The van der Waals surface area contributed by atoms with E-state index < -0.39 is 0 Å². The second-order valence-electron chi connectivity index (χ2n) is 5.15. The Hall–Kier alpha value is -1.46. The molecule has 0 aliphatic heterocycles. The number of aromatic nitrogens is 2. The quantitative estimate of drug-likeness (QED) is 0.927. The van der Waals surface area contributed by atoms with Gasteiger partial charge in [-0.2, -0.15) is 0 Å². The van der Waals surface area contributed by atoms with Crippen LogP contribution in [0.5, 0.6) is 5.88 Å². The summed E-state index contributed by atoms with van der Waals surface area (Å²) < 4.78 is 5.74. The van der Waals surface area contributed by atoms with Crippen molar-refractivity contribution in [3.05, 3.63) is 35.5 Å². The first-order valence-electron chi connectivity index (χ1n) is 6.09. The maximum Gasteiger partial charge on any atom is 0.238 e. The fraction of sp³-hybridized carbons (Fsp3) is 0.286. The molecule has 0 spiro atoms.